The van der Waals surface area contributed by atoms with Crippen molar-refractivity contribution in [3.8, 4) is 11.5 Å². The maximum atomic E-state index is 10.7. The van der Waals surface area contributed by atoms with Crippen LogP contribution in [0.4, 0.5) is 0 Å². The van der Waals surface area contributed by atoms with Crippen LogP contribution in [0.1, 0.15) is 23.7 Å². The molecule has 0 heterocycles. The number of halogens is 1. The Labute approximate surface area is 115 Å². The van der Waals surface area contributed by atoms with Gasteiger partial charge in [-0.1, -0.05) is 0 Å². The molecule has 0 bridgehead atoms. The molecule has 0 aliphatic heterocycles. The van der Waals surface area contributed by atoms with Gasteiger partial charge < -0.3 is 14.2 Å². The second-order valence-corrected chi connectivity index (χ2v) is 4.41. The van der Waals surface area contributed by atoms with Gasteiger partial charge in [-0.2, -0.15) is 0 Å². The van der Waals surface area contributed by atoms with Crippen LogP contribution in [-0.2, 0) is 4.74 Å². The van der Waals surface area contributed by atoms with Crippen molar-refractivity contribution < 1.29 is 19.0 Å². The predicted molar refractivity (Wildman–Crippen MR) is 72.7 cm³/mol. The number of carbonyl (C=O) groups is 1. The minimum absolute atomic E-state index is 0.537. The number of benzene rings is 1. The summed E-state index contributed by atoms with van der Waals surface area (Å²) < 4.78 is 16.8. The number of methoxy groups -OCH3 is 1. The molecule has 0 N–H and O–H groups in total. The summed E-state index contributed by atoms with van der Waals surface area (Å²) in [6.45, 7) is 3.87. The van der Waals surface area contributed by atoms with Crippen LogP contribution >= 0.6 is 15.9 Å². The van der Waals surface area contributed by atoms with Crippen molar-refractivity contribution >= 4 is 22.2 Å². The average molecular weight is 317 g/mol. The largest absolute Gasteiger partial charge is 0.493 e. The Morgan fingerprint density at radius 2 is 2.11 bits per heavy atom. The highest BCUT2D eigenvalue weighted by Crippen LogP contribution is 2.36. The lowest BCUT2D eigenvalue weighted by molar-refractivity contribution is 0.112. The van der Waals surface area contributed by atoms with E-state index in [0.29, 0.717) is 41.4 Å². The van der Waals surface area contributed by atoms with Gasteiger partial charge in [0.05, 0.1) is 18.2 Å². The number of aldehydes is 1. The molecular formula is C13H17BrO4. The van der Waals surface area contributed by atoms with E-state index in [9.17, 15) is 4.79 Å². The SMILES string of the molecule is CCOCCCOc1c(Br)cc(C=O)cc1OC. The van der Waals surface area contributed by atoms with Crippen LogP contribution in [0.15, 0.2) is 16.6 Å². The molecule has 100 valence electrons. The van der Waals surface area contributed by atoms with E-state index in [0.717, 1.165) is 12.7 Å². The Kier molecular flexibility index (Phi) is 6.75. The van der Waals surface area contributed by atoms with Crippen LogP contribution < -0.4 is 9.47 Å². The lowest BCUT2D eigenvalue weighted by Crippen LogP contribution is -2.04. The van der Waals surface area contributed by atoms with E-state index in [4.69, 9.17) is 14.2 Å². The molecule has 0 saturated heterocycles. The van der Waals surface area contributed by atoms with Gasteiger partial charge in [0, 0.05) is 25.2 Å². The van der Waals surface area contributed by atoms with Crippen LogP contribution in [0.2, 0.25) is 0 Å². The summed E-state index contributed by atoms with van der Waals surface area (Å²) in [7, 11) is 1.55. The molecule has 5 heteroatoms. The van der Waals surface area contributed by atoms with Gasteiger partial charge in [-0.15, -0.1) is 0 Å². The monoisotopic (exact) mass is 316 g/mol. The first-order valence-corrected chi connectivity index (χ1v) is 6.55. The molecule has 0 spiro atoms. The zero-order valence-electron chi connectivity index (χ0n) is 10.6. The first kappa shape index (κ1) is 15.0. The van der Waals surface area contributed by atoms with Gasteiger partial charge in [-0.05, 0) is 35.0 Å². The smallest absolute Gasteiger partial charge is 0.175 e. The van der Waals surface area contributed by atoms with Crippen molar-refractivity contribution in [3.63, 3.8) is 0 Å². The number of hydrogen-bond donors (Lipinski definition) is 0. The summed E-state index contributed by atoms with van der Waals surface area (Å²) in [5.74, 6) is 1.16. The molecular weight excluding hydrogens is 300 g/mol. The third-order valence-electron chi connectivity index (χ3n) is 2.27. The van der Waals surface area contributed by atoms with Gasteiger partial charge in [0.15, 0.2) is 11.5 Å². The molecule has 0 atom stereocenters. The normalized spacial score (nSPS) is 10.2. The molecule has 1 rings (SSSR count). The molecule has 4 nitrogen and oxygen atoms in total. The van der Waals surface area contributed by atoms with Gasteiger partial charge in [-0.3, -0.25) is 4.79 Å². The fourth-order valence-corrected chi connectivity index (χ4v) is 2.00. The first-order chi connectivity index (χ1) is 8.72. The fraction of sp³-hybridized carbons (Fsp3) is 0.462. The minimum atomic E-state index is 0.537. The Balaban J connectivity index is 2.66. The van der Waals surface area contributed by atoms with E-state index >= 15 is 0 Å². The molecule has 0 aliphatic carbocycles. The molecule has 0 saturated carbocycles. The standard InChI is InChI=1S/C13H17BrO4/c1-3-17-5-4-6-18-13-11(14)7-10(9-15)8-12(13)16-2/h7-9H,3-6H2,1-2H3. The van der Waals surface area contributed by atoms with Crippen LogP contribution in [0, 0.1) is 0 Å². The maximum Gasteiger partial charge on any atom is 0.175 e. The topological polar surface area (TPSA) is 44.8 Å². The highest BCUT2D eigenvalue weighted by Gasteiger charge is 2.11. The van der Waals surface area contributed by atoms with Crippen LogP contribution in [0.3, 0.4) is 0 Å². The van der Waals surface area contributed by atoms with E-state index < -0.39 is 0 Å². The summed E-state index contributed by atoms with van der Waals surface area (Å²) in [4.78, 5) is 10.7. The van der Waals surface area contributed by atoms with Crippen molar-refractivity contribution in [1.29, 1.82) is 0 Å². The van der Waals surface area contributed by atoms with Crippen LogP contribution in [-0.4, -0.2) is 33.2 Å². The third kappa shape index (κ3) is 4.31. The van der Waals surface area contributed by atoms with Crippen LogP contribution in [0.5, 0.6) is 11.5 Å². The number of rotatable bonds is 8. The van der Waals surface area contributed by atoms with Crippen molar-refractivity contribution in [1.82, 2.24) is 0 Å². The molecule has 1 aromatic rings. The quantitative estimate of drug-likeness (QED) is 0.546. The van der Waals surface area contributed by atoms with E-state index in [1.54, 1.807) is 19.2 Å². The molecule has 0 radical (unpaired) electrons. The molecule has 0 amide bonds. The lowest BCUT2D eigenvalue weighted by atomic mass is 10.2. The zero-order chi connectivity index (χ0) is 13.4. The fourth-order valence-electron chi connectivity index (χ4n) is 1.43. The number of ether oxygens (including phenoxy) is 3. The Bertz CT molecular complexity index is 393. The summed E-state index contributed by atoms with van der Waals surface area (Å²) >= 11 is 3.37. The molecule has 0 unspecified atom stereocenters. The molecule has 0 fully saturated rings. The molecule has 1 aromatic carbocycles. The minimum Gasteiger partial charge on any atom is -0.493 e. The van der Waals surface area contributed by atoms with Gasteiger partial charge in [0.25, 0.3) is 0 Å². The molecule has 0 aliphatic rings. The average Bonchev–Trinajstić information content (AvgIpc) is 2.39. The summed E-state index contributed by atoms with van der Waals surface area (Å²) in [5, 5.41) is 0. The Hall–Kier alpha value is -1.07. The second kappa shape index (κ2) is 8.11. The van der Waals surface area contributed by atoms with E-state index in [1.165, 1.54) is 0 Å². The Morgan fingerprint density at radius 1 is 1.33 bits per heavy atom. The lowest BCUT2D eigenvalue weighted by Gasteiger charge is -2.13. The predicted octanol–water partition coefficient (Wildman–Crippen LogP) is 3.08. The van der Waals surface area contributed by atoms with Crippen molar-refractivity contribution in [2.24, 2.45) is 0 Å². The Morgan fingerprint density at radius 3 is 2.72 bits per heavy atom. The van der Waals surface area contributed by atoms with Crippen molar-refractivity contribution in [2.45, 2.75) is 13.3 Å². The third-order valence-corrected chi connectivity index (χ3v) is 2.86. The number of hydrogen-bond acceptors (Lipinski definition) is 4. The van der Waals surface area contributed by atoms with Gasteiger partial charge >= 0.3 is 0 Å². The van der Waals surface area contributed by atoms with E-state index in [2.05, 4.69) is 15.9 Å². The van der Waals surface area contributed by atoms with E-state index in [1.807, 2.05) is 6.92 Å². The first-order valence-electron chi connectivity index (χ1n) is 5.76. The molecule has 18 heavy (non-hydrogen) atoms. The van der Waals surface area contributed by atoms with Crippen molar-refractivity contribution in [3.05, 3.63) is 22.2 Å². The van der Waals surface area contributed by atoms with Gasteiger partial charge in [-0.25, -0.2) is 0 Å². The maximum absolute atomic E-state index is 10.7. The summed E-state index contributed by atoms with van der Waals surface area (Å²) in [5.41, 5.74) is 0.542. The summed E-state index contributed by atoms with van der Waals surface area (Å²) in [6, 6.07) is 3.35. The molecule has 0 aromatic heterocycles. The van der Waals surface area contributed by atoms with Crippen LogP contribution in [0.25, 0.3) is 0 Å². The van der Waals surface area contributed by atoms with Gasteiger partial charge in [0.2, 0.25) is 0 Å². The highest BCUT2D eigenvalue weighted by atomic mass is 79.9. The van der Waals surface area contributed by atoms with Gasteiger partial charge in [0.1, 0.15) is 6.29 Å². The highest BCUT2D eigenvalue weighted by molar-refractivity contribution is 9.10. The number of carbonyl (C=O) groups excluding carboxylic acids is 1. The summed E-state index contributed by atoms with van der Waals surface area (Å²) in [6.07, 6.45) is 1.57. The van der Waals surface area contributed by atoms with E-state index in [-0.39, 0.29) is 0 Å². The zero-order valence-corrected chi connectivity index (χ0v) is 12.2. The van der Waals surface area contributed by atoms with Crippen molar-refractivity contribution in [2.75, 3.05) is 26.9 Å². The second-order valence-electron chi connectivity index (χ2n) is 3.55.